The number of hydrogen-bond acceptors (Lipinski definition) is 4. The Morgan fingerprint density at radius 3 is 2.44 bits per heavy atom. The summed E-state index contributed by atoms with van der Waals surface area (Å²) in [6.07, 6.45) is 0. The molecule has 0 aromatic carbocycles. The molecule has 0 saturated carbocycles. The number of ether oxygens (including phenoxy) is 2. The van der Waals surface area contributed by atoms with Crippen molar-refractivity contribution in [2.75, 3.05) is 32.9 Å². The van der Waals surface area contributed by atoms with Crippen LogP contribution >= 0.6 is 0 Å². The first kappa shape index (κ1) is 17.4. The second-order valence-corrected chi connectivity index (χ2v) is 5.25. The molecule has 2 N–H and O–H groups in total. The number of hydrogen-bond donors (Lipinski definition) is 2. The normalized spacial score (nSPS) is 11.9. The van der Waals surface area contributed by atoms with Gasteiger partial charge < -0.3 is 20.1 Å². The molecule has 0 aliphatic heterocycles. The van der Waals surface area contributed by atoms with Gasteiger partial charge in [0.1, 0.15) is 0 Å². The van der Waals surface area contributed by atoms with E-state index < -0.39 is 0 Å². The van der Waals surface area contributed by atoms with E-state index >= 15 is 0 Å². The van der Waals surface area contributed by atoms with Crippen LogP contribution in [0.5, 0.6) is 0 Å². The fourth-order valence-electron chi connectivity index (χ4n) is 1.33. The summed E-state index contributed by atoms with van der Waals surface area (Å²) in [4.78, 5) is 10.7. The molecule has 0 aliphatic carbocycles. The Morgan fingerprint density at radius 2 is 1.89 bits per heavy atom. The molecular formula is C13H28N2O3. The van der Waals surface area contributed by atoms with E-state index in [-0.39, 0.29) is 11.5 Å². The molecule has 0 rings (SSSR count). The molecule has 0 fully saturated rings. The van der Waals surface area contributed by atoms with Crippen LogP contribution in [0.2, 0.25) is 0 Å². The van der Waals surface area contributed by atoms with Crippen molar-refractivity contribution in [1.29, 1.82) is 0 Å². The van der Waals surface area contributed by atoms with Gasteiger partial charge in [0.2, 0.25) is 5.91 Å². The van der Waals surface area contributed by atoms with Crippen molar-refractivity contribution >= 4 is 5.91 Å². The van der Waals surface area contributed by atoms with Crippen molar-refractivity contribution in [3.63, 3.8) is 0 Å². The minimum atomic E-state index is -0.323. The van der Waals surface area contributed by atoms with E-state index in [9.17, 15) is 4.79 Å². The third-order valence-electron chi connectivity index (χ3n) is 2.22. The SMILES string of the molecule is CC(=O)NCCOC(C)(C)COCCNC(C)C. The Kier molecular flexibility index (Phi) is 8.97. The van der Waals surface area contributed by atoms with E-state index in [4.69, 9.17) is 9.47 Å². The molecule has 5 nitrogen and oxygen atoms in total. The van der Waals surface area contributed by atoms with E-state index in [0.29, 0.717) is 32.4 Å². The van der Waals surface area contributed by atoms with Crippen LogP contribution in [0.1, 0.15) is 34.6 Å². The zero-order valence-corrected chi connectivity index (χ0v) is 12.3. The number of nitrogens with one attached hydrogen (secondary N) is 2. The van der Waals surface area contributed by atoms with Gasteiger partial charge >= 0.3 is 0 Å². The van der Waals surface area contributed by atoms with Gasteiger partial charge in [0, 0.05) is 26.1 Å². The molecule has 0 aliphatic rings. The fourth-order valence-corrected chi connectivity index (χ4v) is 1.33. The Bertz CT molecular complexity index is 230. The van der Waals surface area contributed by atoms with Crippen LogP contribution in [0.25, 0.3) is 0 Å². The molecule has 5 heteroatoms. The minimum Gasteiger partial charge on any atom is -0.377 e. The first-order valence-corrected chi connectivity index (χ1v) is 6.53. The quantitative estimate of drug-likeness (QED) is 0.574. The lowest BCUT2D eigenvalue weighted by Gasteiger charge is -2.25. The van der Waals surface area contributed by atoms with Crippen LogP contribution in [0.4, 0.5) is 0 Å². The zero-order chi connectivity index (χ0) is 14.0. The Labute approximate surface area is 111 Å². The second kappa shape index (κ2) is 9.30. The first-order valence-electron chi connectivity index (χ1n) is 6.53. The molecule has 0 bridgehead atoms. The van der Waals surface area contributed by atoms with E-state index in [0.717, 1.165) is 6.54 Å². The third kappa shape index (κ3) is 11.8. The van der Waals surface area contributed by atoms with Crippen LogP contribution < -0.4 is 10.6 Å². The van der Waals surface area contributed by atoms with Crippen LogP contribution in [0, 0.1) is 0 Å². The van der Waals surface area contributed by atoms with Crippen molar-refractivity contribution in [2.24, 2.45) is 0 Å². The number of amides is 1. The lowest BCUT2D eigenvalue weighted by atomic mass is 10.1. The second-order valence-electron chi connectivity index (χ2n) is 5.25. The molecule has 108 valence electrons. The highest BCUT2D eigenvalue weighted by Crippen LogP contribution is 2.08. The summed E-state index contributed by atoms with van der Waals surface area (Å²) >= 11 is 0. The van der Waals surface area contributed by atoms with Gasteiger partial charge in [-0.3, -0.25) is 4.79 Å². The summed E-state index contributed by atoms with van der Waals surface area (Å²) in [5.41, 5.74) is -0.323. The summed E-state index contributed by atoms with van der Waals surface area (Å²) in [7, 11) is 0. The molecule has 0 aromatic rings. The van der Waals surface area contributed by atoms with Gasteiger partial charge in [-0.05, 0) is 13.8 Å². The summed E-state index contributed by atoms with van der Waals surface area (Å²) in [5.74, 6) is -0.0348. The number of carbonyl (C=O) groups is 1. The van der Waals surface area contributed by atoms with Crippen molar-refractivity contribution in [2.45, 2.75) is 46.3 Å². The van der Waals surface area contributed by atoms with Crippen molar-refractivity contribution in [3.05, 3.63) is 0 Å². The van der Waals surface area contributed by atoms with Gasteiger partial charge in [0.25, 0.3) is 0 Å². The molecular weight excluding hydrogens is 232 g/mol. The highest BCUT2D eigenvalue weighted by Gasteiger charge is 2.18. The molecule has 18 heavy (non-hydrogen) atoms. The van der Waals surface area contributed by atoms with Crippen LogP contribution in [-0.2, 0) is 14.3 Å². The fraction of sp³-hybridized carbons (Fsp3) is 0.923. The van der Waals surface area contributed by atoms with Gasteiger partial charge in [0.05, 0.1) is 25.4 Å². The minimum absolute atomic E-state index is 0.0348. The molecule has 0 saturated heterocycles. The van der Waals surface area contributed by atoms with E-state index in [1.54, 1.807) is 0 Å². The molecule has 1 amide bonds. The molecule has 0 atom stereocenters. The van der Waals surface area contributed by atoms with Crippen molar-refractivity contribution < 1.29 is 14.3 Å². The summed E-state index contributed by atoms with van der Waals surface area (Å²) in [6, 6.07) is 0.482. The topological polar surface area (TPSA) is 59.6 Å². The third-order valence-corrected chi connectivity index (χ3v) is 2.22. The highest BCUT2D eigenvalue weighted by molar-refractivity contribution is 5.72. The van der Waals surface area contributed by atoms with Crippen LogP contribution in [0.3, 0.4) is 0 Å². The van der Waals surface area contributed by atoms with Gasteiger partial charge in [0.15, 0.2) is 0 Å². The maximum absolute atomic E-state index is 10.7. The standard InChI is InChI=1S/C13H28N2O3/c1-11(2)14-6-8-17-10-13(4,5)18-9-7-15-12(3)16/h11,14H,6-10H2,1-5H3,(H,15,16). The van der Waals surface area contributed by atoms with E-state index in [2.05, 4.69) is 24.5 Å². The maximum Gasteiger partial charge on any atom is 0.216 e. The summed E-state index contributed by atoms with van der Waals surface area (Å²) < 4.78 is 11.2. The number of carbonyl (C=O) groups excluding carboxylic acids is 1. The molecule has 0 spiro atoms. The monoisotopic (exact) mass is 260 g/mol. The van der Waals surface area contributed by atoms with E-state index in [1.807, 2.05) is 13.8 Å². The predicted molar refractivity (Wildman–Crippen MR) is 72.7 cm³/mol. The average molecular weight is 260 g/mol. The Hall–Kier alpha value is -0.650. The first-order chi connectivity index (χ1) is 8.33. The van der Waals surface area contributed by atoms with Crippen molar-refractivity contribution in [1.82, 2.24) is 10.6 Å². The summed E-state index contributed by atoms with van der Waals surface area (Å²) in [5, 5.41) is 5.98. The maximum atomic E-state index is 10.7. The van der Waals surface area contributed by atoms with Gasteiger partial charge in [-0.15, -0.1) is 0 Å². The van der Waals surface area contributed by atoms with Gasteiger partial charge in [-0.25, -0.2) is 0 Å². The van der Waals surface area contributed by atoms with Crippen LogP contribution in [-0.4, -0.2) is 50.5 Å². The number of rotatable bonds is 10. The smallest absolute Gasteiger partial charge is 0.216 e. The lowest BCUT2D eigenvalue weighted by molar-refractivity contribution is -0.120. The van der Waals surface area contributed by atoms with Gasteiger partial charge in [-0.2, -0.15) is 0 Å². The largest absolute Gasteiger partial charge is 0.377 e. The zero-order valence-electron chi connectivity index (χ0n) is 12.3. The van der Waals surface area contributed by atoms with E-state index in [1.165, 1.54) is 6.92 Å². The van der Waals surface area contributed by atoms with Crippen molar-refractivity contribution in [3.8, 4) is 0 Å². The Balaban J connectivity index is 3.51. The molecule has 0 aromatic heterocycles. The molecule has 0 unspecified atom stereocenters. The summed E-state index contributed by atoms with van der Waals surface area (Å²) in [6.45, 7) is 12.8. The van der Waals surface area contributed by atoms with Crippen LogP contribution in [0.15, 0.2) is 0 Å². The Morgan fingerprint density at radius 1 is 1.22 bits per heavy atom. The molecule has 0 radical (unpaired) electrons. The molecule has 0 heterocycles. The lowest BCUT2D eigenvalue weighted by Crippen LogP contribution is -2.36. The highest BCUT2D eigenvalue weighted by atomic mass is 16.5. The van der Waals surface area contributed by atoms with Gasteiger partial charge in [-0.1, -0.05) is 13.8 Å². The average Bonchev–Trinajstić information content (AvgIpc) is 2.23. The predicted octanol–water partition coefficient (Wildman–Crippen LogP) is 0.932.